The van der Waals surface area contributed by atoms with Gasteiger partial charge in [0.1, 0.15) is 5.70 Å². The van der Waals surface area contributed by atoms with Crippen LogP contribution >= 0.6 is 12.6 Å². The molecular weight excluding hydrogens is 440 g/mol. The van der Waals surface area contributed by atoms with Crippen molar-refractivity contribution in [3.8, 4) is 0 Å². The van der Waals surface area contributed by atoms with Crippen LogP contribution in [0.1, 0.15) is 46.4 Å². The van der Waals surface area contributed by atoms with Gasteiger partial charge >= 0.3 is 0 Å². The van der Waals surface area contributed by atoms with Gasteiger partial charge in [-0.05, 0) is 70.9 Å². The number of para-hydroxylation sites is 1. The molecule has 0 bridgehead atoms. The zero-order valence-electron chi connectivity index (χ0n) is 18.6. The van der Waals surface area contributed by atoms with E-state index in [0.29, 0.717) is 23.7 Å². The van der Waals surface area contributed by atoms with E-state index in [2.05, 4.69) is 41.7 Å². The van der Waals surface area contributed by atoms with Crippen molar-refractivity contribution in [2.24, 2.45) is 0 Å². The Bertz CT molecular complexity index is 1510. The Hall–Kier alpha value is -3.57. The summed E-state index contributed by atoms with van der Waals surface area (Å²) in [6.07, 6.45) is 4.67. The van der Waals surface area contributed by atoms with E-state index in [4.69, 9.17) is 12.6 Å². The number of thiol groups is 1. The zero-order valence-corrected chi connectivity index (χ0v) is 19.5. The van der Waals surface area contributed by atoms with E-state index in [-0.39, 0.29) is 16.7 Å². The largest absolute Gasteiger partial charge is 0.321 e. The Kier molecular flexibility index (Phi) is 5.15. The highest BCUT2D eigenvalue weighted by atomic mass is 32.1. The van der Waals surface area contributed by atoms with Gasteiger partial charge in [-0.25, -0.2) is 0 Å². The van der Waals surface area contributed by atoms with Crippen LogP contribution in [0.25, 0.3) is 16.5 Å². The number of benzene rings is 3. The van der Waals surface area contributed by atoms with Crippen LogP contribution in [0.3, 0.4) is 0 Å². The number of fused-ring (bicyclic) bond motifs is 2. The molecule has 6 rings (SSSR count). The summed E-state index contributed by atoms with van der Waals surface area (Å²) in [4.78, 5) is 26.5. The van der Waals surface area contributed by atoms with E-state index in [1.165, 1.54) is 21.9 Å². The number of amides is 1. The van der Waals surface area contributed by atoms with E-state index >= 15 is 0 Å². The molecule has 0 saturated heterocycles. The smallest absolute Gasteiger partial charge is 0.272 e. The minimum absolute atomic E-state index is 0.180. The van der Waals surface area contributed by atoms with Crippen molar-refractivity contribution in [2.45, 2.75) is 30.4 Å². The second kappa shape index (κ2) is 8.33. The second-order valence-corrected chi connectivity index (χ2v) is 9.60. The summed E-state index contributed by atoms with van der Waals surface area (Å²) in [5.41, 5.74) is 5.15. The van der Waals surface area contributed by atoms with Gasteiger partial charge in [0.2, 0.25) is 0 Å². The number of hydrogen-bond donors (Lipinski definition) is 2. The second-order valence-electron chi connectivity index (χ2n) is 9.05. The number of rotatable bonds is 5. The SMILES string of the molecule is O=C(Nc1ccccc1)C1=CC(S)c2c(C3CC3)c(Cc3cccc4ccccc34)cc(=O)n21. The van der Waals surface area contributed by atoms with Crippen LogP contribution in [0.15, 0.2) is 89.7 Å². The summed E-state index contributed by atoms with van der Waals surface area (Å²) in [6.45, 7) is 0. The molecule has 34 heavy (non-hydrogen) atoms. The first-order valence-electron chi connectivity index (χ1n) is 11.6. The van der Waals surface area contributed by atoms with Gasteiger partial charge in [0, 0.05) is 17.4 Å². The summed E-state index contributed by atoms with van der Waals surface area (Å²) < 4.78 is 1.58. The number of pyridine rings is 1. The Labute approximate surface area is 203 Å². The molecule has 1 aliphatic carbocycles. The molecule has 1 aliphatic heterocycles. The molecule has 1 atom stereocenters. The lowest BCUT2D eigenvalue weighted by Gasteiger charge is -2.19. The van der Waals surface area contributed by atoms with E-state index < -0.39 is 0 Å². The molecule has 1 saturated carbocycles. The lowest BCUT2D eigenvalue weighted by atomic mass is 9.92. The molecule has 1 fully saturated rings. The van der Waals surface area contributed by atoms with Gasteiger partial charge in [-0.3, -0.25) is 14.2 Å². The maximum Gasteiger partial charge on any atom is 0.272 e. The maximum absolute atomic E-state index is 13.4. The monoisotopic (exact) mass is 464 g/mol. The number of carbonyl (C=O) groups excluding carboxylic acids is 1. The number of anilines is 1. The van der Waals surface area contributed by atoms with Crippen LogP contribution < -0.4 is 10.9 Å². The third kappa shape index (κ3) is 3.66. The van der Waals surface area contributed by atoms with Crippen LogP contribution in [-0.2, 0) is 11.2 Å². The average molecular weight is 465 g/mol. The molecule has 1 unspecified atom stereocenters. The molecule has 1 N–H and O–H groups in total. The number of nitrogens with one attached hydrogen (secondary N) is 1. The normalized spacial score (nSPS) is 16.9. The van der Waals surface area contributed by atoms with Gasteiger partial charge in [-0.15, -0.1) is 0 Å². The summed E-state index contributed by atoms with van der Waals surface area (Å²) in [5.74, 6) is 0.112. The fourth-order valence-corrected chi connectivity index (χ4v) is 5.47. The average Bonchev–Trinajstić information content (AvgIpc) is 3.62. The van der Waals surface area contributed by atoms with Crippen molar-refractivity contribution < 1.29 is 4.79 Å². The Morgan fingerprint density at radius 3 is 2.47 bits per heavy atom. The third-order valence-corrected chi connectivity index (χ3v) is 7.12. The molecule has 2 heterocycles. The van der Waals surface area contributed by atoms with Gasteiger partial charge in [-0.1, -0.05) is 60.7 Å². The molecule has 4 nitrogen and oxygen atoms in total. The van der Waals surface area contributed by atoms with Gasteiger partial charge in [0.15, 0.2) is 0 Å². The summed E-state index contributed by atoms with van der Waals surface area (Å²) in [5, 5.41) is 5.01. The van der Waals surface area contributed by atoms with Crippen molar-refractivity contribution >= 4 is 40.7 Å². The molecule has 168 valence electrons. The fourth-order valence-electron chi connectivity index (χ4n) is 5.07. The standard InChI is InChI=1S/C29H24N2O2S/c32-26-16-21(15-20-9-6-8-18-7-4-5-12-23(18)20)27(19-13-14-19)28-25(34)17-24(31(26)28)29(33)30-22-10-2-1-3-11-22/h1-12,16-17,19,25,34H,13-15H2,(H,30,33). The van der Waals surface area contributed by atoms with Crippen molar-refractivity contribution in [3.63, 3.8) is 0 Å². The quantitative estimate of drug-likeness (QED) is 0.360. The van der Waals surface area contributed by atoms with Crippen LogP contribution in [0.2, 0.25) is 0 Å². The topological polar surface area (TPSA) is 51.1 Å². The van der Waals surface area contributed by atoms with Crippen molar-refractivity contribution in [3.05, 3.63) is 118 Å². The first-order chi connectivity index (χ1) is 16.6. The molecule has 2 aliphatic rings. The molecular formula is C29H24N2O2S. The zero-order chi connectivity index (χ0) is 23.2. The highest BCUT2D eigenvalue weighted by Gasteiger charge is 2.36. The highest BCUT2D eigenvalue weighted by molar-refractivity contribution is 7.80. The first-order valence-corrected chi connectivity index (χ1v) is 12.1. The van der Waals surface area contributed by atoms with Gasteiger partial charge in [0.05, 0.1) is 5.25 Å². The van der Waals surface area contributed by atoms with Crippen LogP contribution in [-0.4, -0.2) is 10.5 Å². The molecule has 0 radical (unpaired) electrons. The predicted octanol–water partition coefficient (Wildman–Crippen LogP) is 5.93. The molecule has 4 aromatic rings. The molecule has 1 amide bonds. The van der Waals surface area contributed by atoms with E-state index in [9.17, 15) is 9.59 Å². The van der Waals surface area contributed by atoms with Crippen LogP contribution in [0, 0.1) is 0 Å². The van der Waals surface area contributed by atoms with Crippen molar-refractivity contribution in [1.29, 1.82) is 0 Å². The Morgan fingerprint density at radius 1 is 0.941 bits per heavy atom. The minimum atomic E-state index is -0.299. The van der Waals surface area contributed by atoms with E-state index in [1.807, 2.05) is 36.4 Å². The predicted molar refractivity (Wildman–Crippen MR) is 141 cm³/mol. The number of nitrogens with zero attached hydrogens (tertiary/aromatic N) is 1. The lowest BCUT2D eigenvalue weighted by Crippen LogP contribution is -2.27. The summed E-state index contributed by atoms with van der Waals surface area (Å²) in [7, 11) is 0. The Morgan fingerprint density at radius 2 is 1.68 bits per heavy atom. The number of carbonyl (C=O) groups is 1. The van der Waals surface area contributed by atoms with Crippen molar-refractivity contribution in [1.82, 2.24) is 4.57 Å². The molecule has 1 aromatic heterocycles. The highest BCUT2D eigenvalue weighted by Crippen LogP contribution is 2.48. The van der Waals surface area contributed by atoms with Crippen LogP contribution in [0.5, 0.6) is 0 Å². The third-order valence-electron chi connectivity index (χ3n) is 6.73. The van der Waals surface area contributed by atoms with E-state index in [0.717, 1.165) is 24.1 Å². The van der Waals surface area contributed by atoms with Gasteiger partial charge in [0.25, 0.3) is 11.5 Å². The van der Waals surface area contributed by atoms with Gasteiger partial charge < -0.3 is 5.32 Å². The van der Waals surface area contributed by atoms with Crippen LogP contribution in [0.4, 0.5) is 5.69 Å². The van der Waals surface area contributed by atoms with E-state index in [1.54, 1.807) is 16.7 Å². The number of hydrogen-bond acceptors (Lipinski definition) is 3. The first kappa shape index (κ1) is 21.0. The van der Waals surface area contributed by atoms with Crippen molar-refractivity contribution in [2.75, 3.05) is 5.32 Å². The summed E-state index contributed by atoms with van der Waals surface area (Å²) >= 11 is 4.81. The molecule has 0 spiro atoms. The lowest BCUT2D eigenvalue weighted by molar-refractivity contribution is -0.111. The summed E-state index contributed by atoms with van der Waals surface area (Å²) in [6, 6.07) is 25.7. The number of aromatic nitrogens is 1. The Balaban J connectivity index is 1.43. The maximum atomic E-state index is 13.4. The molecule has 5 heteroatoms. The molecule has 3 aromatic carbocycles. The fraction of sp³-hybridized carbons (Fsp3) is 0.172. The minimum Gasteiger partial charge on any atom is -0.321 e. The van der Waals surface area contributed by atoms with Gasteiger partial charge in [-0.2, -0.15) is 12.6 Å².